The number of hydrogen-bond acceptors (Lipinski definition) is 4. The van der Waals surface area contributed by atoms with Gasteiger partial charge in [-0.05, 0) is 71.7 Å². The molecular weight excluding hydrogens is 480 g/mol. The van der Waals surface area contributed by atoms with Crippen LogP contribution < -0.4 is 15.0 Å². The van der Waals surface area contributed by atoms with E-state index >= 15 is 0 Å². The van der Waals surface area contributed by atoms with Crippen molar-refractivity contribution in [2.24, 2.45) is 0 Å². The van der Waals surface area contributed by atoms with Gasteiger partial charge in [0.25, 0.3) is 11.8 Å². The molecule has 6 heteroatoms. The molecule has 2 amide bonds. The van der Waals surface area contributed by atoms with E-state index in [-0.39, 0.29) is 10.7 Å². The summed E-state index contributed by atoms with van der Waals surface area (Å²) in [4.78, 5) is 28.0. The van der Waals surface area contributed by atoms with Crippen molar-refractivity contribution in [3.8, 4) is 5.75 Å². The Labute approximate surface area is 221 Å². The number of thiocarbonyl (C=S) groups is 1. The lowest BCUT2D eigenvalue weighted by Gasteiger charge is -2.29. The van der Waals surface area contributed by atoms with Crippen LogP contribution in [0.2, 0.25) is 0 Å². The Hall–Kier alpha value is -4.29. The van der Waals surface area contributed by atoms with Crippen LogP contribution in [0.4, 0.5) is 5.69 Å². The van der Waals surface area contributed by atoms with Gasteiger partial charge in [0.1, 0.15) is 17.9 Å². The number of anilines is 1. The summed E-state index contributed by atoms with van der Waals surface area (Å²) >= 11 is 5.37. The Morgan fingerprint density at radius 1 is 0.892 bits per heavy atom. The van der Waals surface area contributed by atoms with E-state index in [2.05, 4.69) is 12.2 Å². The van der Waals surface area contributed by atoms with Crippen LogP contribution in [0.15, 0.2) is 90.5 Å². The Balaban J connectivity index is 1.56. The van der Waals surface area contributed by atoms with E-state index < -0.39 is 11.8 Å². The molecule has 1 N–H and O–H groups in total. The minimum absolute atomic E-state index is 0.00953. The second-order valence-electron chi connectivity index (χ2n) is 8.95. The average Bonchev–Trinajstić information content (AvgIpc) is 2.91. The molecule has 0 aromatic heterocycles. The normalized spacial score (nSPS) is 14.8. The maximum Gasteiger partial charge on any atom is 0.270 e. The summed E-state index contributed by atoms with van der Waals surface area (Å²) in [5.41, 5.74) is 4.60. The standard InChI is InChI=1S/C31H26N2O3S/c1-3-21-12-15-24(16-13-21)33-30(35)27(29(34)32-31(33)37)18-26-25-7-5-4-6-23(25)14-17-28(26)36-19-22-10-8-20(2)9-11-22/h4-18H,3,19H2,1-2H3,(H,32,34,37)/b27-18+. The van der Waals surface area contributed by atoms with Gasteiger partial charge < -0.3 is 4.74 Å². The topological polar surface area (TPSA) is 58.6 Å². The molecule has 5 nitrogen and oxygen atoms in total. The third kappa shape index (κ3) is 5.01. The number of hydrogen-bond donors (Lipinski definition) is 1. The Bertz CT molecular complexity index is 1540. The molecule has 1 aliphatic heterocycles. The molecule has 1 fully saturated rings. The number of rotatable bonds is 6. The molecule has 0 bridgehead atoms. The van der Waals surface area contributed by atoms with E-state index in [4.69, 9.17) is 17.0 Å². The highest BCUT2D eigenvalue weighted by Gasteiger charge is 2.34. The van der Waals surface area contributed by atoms with E-state index in [1.807, 2.05) is 91.9 Å². The molecule has 0 atom stereocenters. The number of nitrogens with one attached hydrogen (secondary N) is 1. The molecule has 1 aliphatic rings. The smallest absolute Gasteiger partial charge is 0.270 e. The number of fused-ring (bicyclic) bond motifs is 1. The monoisotopic (exact) mass is 506 g/mol. The third-order valence-corrected chi connectivity index (χ3v) is 6.72. The molecule has 0 unspecified atom stereocenters. The van der Waals surface area contributed by atoms with Crippen LogP contribution in [0.1, 0.15) is 29.2 Å². The Morgan fingerprint density at radius 2 is 1.59 bits per heavy atom. The first-order valence-corrected chi connectivity index (χ1v) is 12.6. The summed E-state index contributed by atoms with van der Waals surface area (Å²) in [7, 11) is 0. The van der Waals surface area contributed by atoms with Crippen molar-refractivity contribution in [1.29, 1.82) is 0 Å². The summed E-state index contributed by atoms with van der Waals surface area (Å²) in [6, 6.07) is 27.4. The van der Waals surface area contributed by atoms with Crippen LogP contribution >= 0.6 is 12.2 Å². The number of benzene rings is 4. The summed E-state index contributed by atoms with van der Waals surface area (Å²) in [5.74, 6) is -0.427. The molecular formula is C31H26N2O3S. The fraction of sp³-hybridized carbons (Fsp3) is 0.129. The highest BCUT2D eigenvalue weighted by atomic mass is 32.1. The highest BCUT2D eigenvalue weighted by molar-refractivity contribution is 7.80. The van der Waals surface area contributed by atoms with Crippen LogP contribution in [-0.2, 0) is 22.6 Å². The number of carbonyl (C=O) groups is 2. The van der Waals surface area contributed by atoms with Gasteiger partial charge in [-0.3, -0.25) is 19.8 Å². The van der Waals surface area contributed by atoms with Crippen molar-refractivity contribution >= 4 is 51.7 Å². The Morgan fingerprint density at radius 3 is 2.32 bits per heavy atom. The maximum atomic E-state index is 13.6. The van der Waals surface area contributed by atoms with Crippen LogP contribution in [0, 0.1) is 6.92 Å². The van der Waals surface area contributed by atoms with Gasteiger partial charge >= 0.3 is 0 Å². The van der Waals surface area contributed by atoms with E-state index in [0.717, 1.165) is 28.3 Å². The molecule has 37 heavy (non-hydrogen) atoms. The molecule has 0 spiro atoms. The number of carbonyl (C=O) groups excluding carboxylic acids is 2. The highest BCUT2D eigenvalue weighted by Crippen LogP contribution is 2.32. The number of aryl methyl sites for hydroxylation is 2. The third-order valence-electron chi connectivity index (χ3n) is 6.44. The van der Waals surface area contributed by atoms with Crippen molar-refractivity contribution in [3.05, 3.63) is 113 Å². The van der Waals surface area contributed by atoms with Crippen LogP contribution in [-0.4, -0.2) is 16.9 Å². The van der Waals surface area contributed by atoms with Crippen molar-refractivity contribution in [1.82, 2.24) is 5.32 Å². The molecule has 0 saturated carbocycles. The number of nitrogens with zero attached hydrogens (tertiary/aromatic N) is 1. The predicted octanol–water partition coefficient (Wildman–Crippen LogP) is 6.12. The second-order valence-corrected chi connectivity index (χ2v) is 9.34. The van der Waals surface area contributed by atoms with Gasteiger partial charge in [-0.1, -0.05) is 79.2 Å². The van der Waals surface area contributed by atoms with Gasteiger partial charge in [-0.2, -0.15) is 0 Å². The predicted molar refractivity (Wildman–Crippen MR) is 151 cm³/mol. The maximum absolute atomic E-state index is 13.6. The SMILES string of the molecule is CCc1ccc(N2C(=O)/C(=C/c3c(OCc4ccc(C)cc4)ccc4ccccc34)C(=O)NC2=S)cc1. The van der Waals surface area contributed by atoms with Crippen molar-refractivity contribution in [3.63, 3.8) is 0 Å². The summed E-state index contributed by atoms with van der Waals surface area (Å²) in [5, 5.41) is 4.59. The summed E-state index contributed by atoms with van der Waals surface area (Å²) in [6.07, 6.45) is 2.49. The van der Waals surface area contributed by atoms with E-state index in [1.165, 1.54) is 10.5 Å². The first kappa shape index (κ1) is 24.4. The van der Waals surface area contributed by atoms with E-state index in [1.54, 1.807) is 6.08 Å². The average molecular weight is 507 g/mol. The lowest BCUT2D eigenvalue weighted by Crippen LogP contribution is -2.54. The van der Waals surface area contributed by atoms with Crippen LogP contribution in [0.25, 0.3) is 16.8 Å². The zero-order valence-corrected chi connectivity index (χ0v) is 21.5. The van der Waals surface area contributed by atoms with Gasteiger partial charge in [-0.25, -0.2) is 0 Å². The fourth-order valence-electron chi connectivity index (χ4n) is 4.31. The quantitative estimate of drug-likeness (QED) is 0.194. The molecule has 5 rings (SSSR count). The zero-order chi connectivity index (χ0) is 25.9. The first-order valence-electron chi connectivity index (χ1n) is 12.1. The molecule has 184 valence electrons. The fourth-order valence-corrected chi connectivity index (χ4v) is 4.59. The number of ether oxygens (including phenoxy) is 1. The van der Waals surface area contributed by atoms with Gasteiger partial charge in [-0.15, -0.1) is 0 Å². The molecule has 1 heterocycles. The second kappa shape index (κ2) is 10.4. The lowest BCUT2D eigenvalue weighted by molar-refractivity contribution is -0.122. The largest absolute Gasteiger partial charge is 0.488 e. The van der Waals surface area contributed by atoms with E-state index in [9.17, 15) is 9.59 Å². The summed E-state index contributed by atoms with van der Waals surface area (Å²) < 4.78 is 6.21. The molecule has 0 radical (unpaired) electrons. The van der Waals surface area contributed by atoms with E-state index in [0.29, 0.717) is 23.6 Å². The molecule has 0 aliphatic carbocycles. The molecule has 1 saturated heterocycles. The lowest BCUT2D eigenvalue weighted by atomic mass is 9.99. The minimum atomic E-state index is -0.533. The molecule has 4 aromatic rings. The Kier molecular flexibility index (Phi) is 6.84. The van der Waals surface area contributed by atoms with Crippen molar-refractivity contribution in [2.45, 2.75) is 26.9 Å². The summed E-state index contributed by atoms with van der Waals surface area (Å²) in [6.45, 7) is 4.46. The van der Waals surface area contributed by atoms with Crippen molar-refractivity contribution < 1.29 is 14.3 Å². The first-order chi connectivity index (χ1) is 17.9. The van der Waals surface area contributed by atoms with Crippen molar-refractivity contribution in [2.75, 3.05) is 4.90 Å². The van der Waals surface area contributed by atoms with Gasteiger partial charge in [0.05, 0.1) is 5.69 Å². The molecule has 4 aromatic carbocycles. The van der Waals surface area contributed by atoms with Gasteiger partial charge in [0, 0.05) is 5.56 Å². The number of amides is 2. The van der Waals surface area contributed by atoms with Crippen LogP contribution in [0.3, 0.4) is 0 Å². The van der Waals surface area contributed by atoms with Gasteiger partial charge in [0.15, 0.2) is 5.11 Å². The van der Waals surface area contributed by atoms with Gasteiger partial charge in [0.2, 0.25) is 0 Å². The minimum Gasteiger partial charge on any atom is -0.488 e. The van der Waals surface area contributed by atoms with Crippen LogP contribution in [0.5, 0.6) is 5.75 Å². The zero-order valence-electron chi connectivity index (χ0n) is 20.7.